The molecule has 0 unspecified atom stereocenters. The molecule has 0 fully saturated rings. The summed E-state index contributed by atoms with van der Waals surface area (Å²) in [5, 5.41) is 11.2. The van der Waals surface area contributed by atoms with Gasteiger partial charge < -0.3 is 20.1 Å². The minimum atomic E-state index is -0.891. The Bertz CT molecular complexity index is 600. The van der Waals surface area contributed by atoms with Gasteiger partial charge in [0, 0.05) is 13.0 Å². The number of hydrogen-bond acceptors (Lipinski definition) is 5. The number of aryl methyl sites for hydroxylation is 1. The van der Waals surface area contributed by atoms with Crippen LogP contribution in [-0.2, 0) is 14.4 Å². The summed E-state index contributed by atoms with van der Waals surface area (Å²) in [7, 11) is 0. The van der Waals surface area contributed by atoms with Gasteiger partial charge in [0.2, 0.25) is 5.91 Å². The zero-order valence-electron chi connectivity index (χ0n) is 12.3. The summed E-state index contributed by atoms with van der Waals surface area (Å²) in [6, 6.07) is 5.45. The predicted octanol–water partition coefficient (Wildman–Crippen LogP) is 0.701. The molecule has 0 aliphatic carbocycles. The highest BCUT2D eigenvalue weighted by Gasteiger charge is 2.25. The number of rotatable bonds is 6. The lowest BCUT2D eigenvalue weighted by Gasteiger charge is -2.29. The van der Waals surface area contributed by atoms with E-state index in [9.17, 15) is 14.4 Å². The molecular formula is C15H18N2O5. The Labute approximate surface area is 127 Å². The highest BCUT2D eigenvalue weighted by atomic mass is 16.5. The molecular weight excluding hydrogens is 288 g/mol. The van der Waals surface area contributed by atoms with E-state index in [0.29, 0.717) is 24.4 Å². The largest absolute Gasteiger partial charge is 0.481 e. The summed E-state index contributed by atoms with van der Waals surface area (Å²) in [4.78, 5) is 35.5. The molecule has 7 heteroatoms. The van der Waals surface area contributed by atoms with E-state index in [1.165, 1.54) is 0 Å². The normalized spacial score (nSPS) is 13.3. The van der Waals surface area contributed by atoms with Crippen LogP contribution < -0.4 is 15.0 Å². The predicted molar refractivity (Wildman–Crippen MR) is 78.9 cm³/mol. The number of anilines is 1. The van der Waals surface area contributed by atoms with Crippen molar-refractivity contribution in [3.8, 4) is 5.75 Å². The van der Waals surface area contributed by atoms with Gasteiger partial charge in [0.1, 0.15) is 6.54 Å². The number of carboxylic acids is 1. The molecule has 0 saturated heterocycles. The smallest absolute Gasteiger partial charge is 0.331 e. The number of hydrogen-bond donors (Lipinski definition) is 2. The number of carbonyl (C=O) groups is 3. The van der Waals surface area contributed by atoms with E-state index in [0.717, 1.165) is 5.56 Å². The number of fused-ring (bicyclic) bond motifs is 1. The van der Waals surface area contributed by atoms with Crippen molar-refractivity contribution in [3.63, 3.8) is 0 Å². The first kappa shape index (κ1) is 15.8. The number of ether oxygens (including phenoxy) is 1. The molecule has 1 heterocycles. The molecule has 7 nitrogen and oxygen atoms in total. The van der Waals surface area contributed by atoms with Crippen LogP contribution in [0.4, 0.5) is 5.69 Å². The van der Waals surface area contributed by atoms with Crippen LogP contribution in [-0.4, -0.2) is 42.6 Å². The van der Waals surface area contributed by atoms with E-state index in [1.807, 2.05) is 19.1 Å². The standard InChI is InChI=1S/C15H18N2O5/c1-10-4-5-11-12(7-10)22-15(21)9-17(11)8-13(18)16-6-2-3-14(19)20/h4-5,7H,2-3,6,8-9H2,1H3,(H,16,18)(H,19,20). The van der Waals surface area contributed by atoms with E-state index in [2.05, 4.69) is 5.32 Å². The lowest BCUT2D eigenvalue weighted by molar-refractivity contribution is -0.137. The van der Waals surface area contributed by atoms with Crippen molar-refractivity contribution >= 4 is 23.5 Å². The minimum Gasteiger partial charge on any atom is -0.481 e. The van der Waals surface area contributed by atoms with E-state index >= 15 is 0 Å². The molecule has 1 amide bonds. The third-order valence-corrected chi connectivity index (χ3v) is 3.22. The molecule has 0 saturated carbocycles. The SMILES string of the molecule is Cc1ccc2c(c1)OC(=O)CN2CC(=O)NCCCC(=O)O. The molecule has 2 rings (SSSR count). The average Bonchev–Trinajstić information content (AvgIpc) is 2.42. The number of nitrogens with zero attached hydrogens (tertiary/aromatic N) is 1. The van der Waals surface area contributed by atoms with Gasteiger partial charge in [-0.15, -0.1) is 0 Å². The Morgan fingerprint density at radius 2 is 2.18 bits per heavy atom. The molecule has 1 aliphatic heterocycles. The maximum absolute atomic E-state index is 11.9. The summed E-state index contributed by atoms with van der Waals surface area (Å²) in [6.45, 7) is 2.23. The van der Waals surface area contributed by atoms with Gasteiger partial charge in [-0.2, -0.15) is 0 Å². The fourth-order valence-corrected chi connectivity index (χ4v) is 2.20. The van der Waals surface area contributed by atoms with Gasteiger partial charge in [0.05, 0.1) is 12.2 Å². The fourth-order valence-electron chi connectivity index (χ4n) is 2.20. The van der Waals surface area contributed by atoms with Crippen molar-refractivity contribution in [2.45, 2.75) is 19.8 Å². The van der Waals surface area contributed by atoms with Crippen LogP contribution in [0.25, 0.3) is 0 Å². The van der Waals surface area contributed by atoms with Crippen LogP contribution in [0, 0.1) is 6.92 Å². The van der Waals surface area contributed by atoms with Crippen molar-refractivity contribution in [2.75, 3.05) is 24.5 Å². The van der Waals surface area contributed by atoms with Crippen LogP contribution in [0.2, 0.25) is 0 Å². The summed E-state index contributed by atoms with van der Waals surface area (Å²) >= 11 is 0. The number of carboxylic acid groups (broad SMARTS) is 1. The van der Waals surface area contributed by atoms with Crippen LogP contribution in [0.3, 0.4) is 0 Å². The zero-order chi connectivity index (χ0) is 16.1. The zero-order valence-corrected chi connectivity index (χ0v) is 12.3. The van der Waals surface area contributed by atoms with E-state index in [-0.39, 0.29) is 25.4 Å². The van der Waals surface area contributed by atoms with Gasteiger partial charge >= 0.3 is 11.9 Å². The summed E-state index contributed by atoms with van der Waals surface area (Å²) in [5.74, 6) is -1.10. The first-order valence-electron chi connectivity index (χ1n) is 7.00. The number of carbonyl (C=O) groups excluding carboxylic acids is 2. The van der Waals surface area contributed by atoms with Crippen molar-refractivity contribution in [3.05, 3.63) is 23.8 Å². The Hall–Kier alpha value is -2.57. The average molecular weight is 306 g/mol. The van der Waals surface area contributed by atoms with Gasteiger partial charge in [-0.25, -0.2) is 4.79 Å². The summed E-state index contributed by atoms with van der Waals surface area (Å²) in [6.07, 6.45) is 0.386. The third kappa shape index (κ3) is 4.21. The van der Waals surface area contributed by atoms with Gasteiger partial charge in [0.25, 0.3) is 0 Å². The lowest BCUT2D eigenvalue weighted by Crippen LogP contribution is -2.43. The number of aliphatic carboxylic acids is 1. The Morgan fingerprint density at radius 3 is 2.91 bits per heavy atom. The monoisotopic (exact) mass is 306 g/mol. The highest BCUT2D eigenvalue weighted by Crippen LogP contribution is 2.32. The van der Waals surface area contributed by atoms with E-state index < -0.39 is 11.9 Å². The lowest BCUT2D eigenvalue weighted by atomic mass is 10.1. The second-order valence-electron chi connectivity index (χ2n) is 5.15. The second-order valence-corrected chi connectivity index (χ2v) is 5.15. The Morgan fingerprint density at radius 1 is 1.41 bits per heavy atom. The Balaban J connectivity index is 1.94. The van der Waals surface area contributed by atoms with E-state index in [4.69, 9.17) is 9.84 Å². The quantitative estimate of drug-likeness (QED) is 0.456. The molecule has 1 aliphatic rings. The molecule has 1 aromatic rings. The maximum Gasteiger partial charge on any atom is 0.331 e. The molecule has 0 radical (unpaired) electrons. The molecule has 2 N–H and O–H groups in total. The fraction of sp³-hybridized carbons (Fsp3) is 0.400. The number of benzene rings is 1. The first-order chi connectivity index (χ1) is 10.5. The maximum atomic E-state index is 11.9. The molecule has 1 aromatic carbocycles. The van der Waals surface area contributed by atoms with Gasteiger partial charge in [-0.05, 0) is 31.0 Å². The minimum absolute atomic E-state index is 0.0123. The highest BCUT2D eigenvalue weighted by molar-refractivity contribution is 5.89. The van der Waals surface area contributed by atoms with Crippen LogP contribution >= 0.6 is 0 Å². The topological polar surface area (TPSA) is 95.9 Å². The number of esters is 1. The summed E-state index contributed by atoms with van der Waals surface area (Å²) < 4.78 is 5.17. The number of amides is 1. The number of nitrogens with one attached hydrogen (secondary N) is 1. The van der Waals surface area contributed by atoms with Gasteiger partial charge in [0.15, 0.2) is 5.75 Å². The molecule has 118 valence electrons. The van der Waals surface area contributed by atoms with Crippen molar-refractivity contribution in [1.29, 1.82) is 0 Å². The van der Waals surface area contributed by atoms with Gasteiger partial charge in [-0.1, -0.05) is 6.07 Å². The Kier molecular flexibility index (Phi) is 4.98. The van der Waals surface area contributed by atoms with E-state index in [1.54, 1.807) is 11.0 Å². The molecule has 0 aromatic heterocycles. The second kappa shape index (κ2) is 6.93. The molecule has 0 spiro atoms. The van der Waals surface area contributed by atoms with Crippen LogP contribution in [0.1, 0.15) is 18.4 Å². The van der Waals surface area contributed by atoms with Gasteiger partial charge in [-0.3, -0.25) is 9.59 Å². The van der Waals surface area contributed by atoms with Crippen molar-refractivity contribution in [2.24, 2.45) is 0 Å². The molecule has 22 heavy (non-hydrogen) atoms. The third-order valence-electron chi connectivity index (χ3n) is 3.22. The van der Waals surface area contributed by atoms with Crippen molar-refractivity contribution < 1.29 is 24.2 Å². The summed E-state index contributed by atoms with van der Waals surface area (Å²) in [5.41, 5.74) is 1.66. The van der Waals surface area contributed by atoms with Crippen LogP contribution in [0.5, 0.6) is 5.75 Å². The molecule has 0 atom stereocenters. The first-order valence-corrected chi connectivity index (χ1v) is 7.00. The molecule has 0 bridgehead atoms. The van der Waals surface area contributed by atoms with Crippen LogP contribution in [0.15, 0.2) is 18.2 Å². The van der Waals surface area contributed by atoms with Crippen molar-refractivity contribution in [1.82, 2.24) is 5.32 Å².